The fraction of sp³-hybridized carbons (Fsp3) is 0.0952. The van der Waals surface area contributed by atoms with Gasteiger partial charge in [-0.3, -0.25) is 30.4 Å². The second-order valence-electron chi connectivity index (χ2n) is 6.76. The van der Waals surface area contributed by atoms with Gasteiger partial charge in [-0.1, -0.05) is 18.2 Å². The first-order valence-electron chi connectivity index (χ1n) is 9.42. The molecule has 2 aromatic carbocycles. The molecule has 0 bridgehead atoms. The number of hydrazone groups is 1. The van der Waals surface area contributed by atoms with E-state index in [4.69, 9.17) is 4.42 Å². The number of amides is 1. The van der Waals surface area contributed by atoms with Gasteiger partial charge in [0.05, 0.1) is 21.6 Å². The molecule has 0 atom stereocenters. The number of rotatable bonds is 7. The summed E-state index contributed by atoms with van der Waals surface area (Å²) in [7, 11) is 0. The third-order valence-corrected chi connectivity index (χ3v) is 4.54. The molecule has 12 nitrogen and oxygen atoms in total. The van der Waals surface area contributed by atoms with Crippen LogP contribution in [0.25, 0.3) is 0 Å². The van der Waals surface area contributed by atoms with Crippen LogP contribution < -0.4 is 16.4 Å². The molecule has 3 rings (SSSR count). The zero-order valence-electron chi connectivity index (χ0n) is 17.4. The van der Waals surface area contributed by atoms with E-state index in [-0.39, 0.29) is 22.8 Å². The quantitative estimate of drug-likeness (QED) is 0.310. The van der Waals surface area contributed by atoms with E-state index in [1.807, 2.05) is 0 Å². The van der Waals surface area contributed by atoms with Crippen LogP contribution in [0.2, 0.25) is 0 Å². The number of anilines is 2. The summed E-state index contributed by atoms with van der Waals surface area (Å²) in [4.78, 5) is 45.2. The van der Waals surface area contributed by atoms with Crippen LogP contribution in [-0.4, -0.2) is 21.5 Å². The lowest BCUT2D eigenvalue weighted by Gasteiger charge is -2.09. The molecule has 1 amide bonds. The summed E-state index contributed by atoms with van der Waals surface area (Å²) >= 11 is 0. The topological polar surface area (TPSA) is 170 Å². The Morgan fingerprint density at radius 3 is 2.33 bits per heavy atom. The summed E-state index contributed by atoms with van der Waals surface area (Å²) in [5, 5.41) is 28.7. The van der Waals surface area contributed by atoms with Gasteiger partial charge in [0.1, 0.15) is 17.1 Å². The zero-order chi connectivity index (χ0) is 24.1. The van der Waals surface area contributed by atoms with Gasteiger partial charge in [-0.2, -0.15) is 5.10 Å². The molecule has 0 unspecified atom stereocenters. The van der Waals surface area contributed by atoms with Crippen LogP contribution in [0.5, 0.6) is 0 Å². The molecule has 0 fully saturated rings. The van der Waals surface area contributed by atoms with E-state index < -0.39 is 32.8 Å². The lowest BCUT2D eigenvalue weighted by molar-refractivity contribution is -0.393. The second-order valence-corrected chi connectivity index (χ2v) is 6.76. The van der Waals surface area contributed by atoms with Gasteiger partial charge in [-0.05, 0) is 38.1 Å². The highest BCUT2D eigenvalue weighted by atomic mass is 16.6. The molecule has 168 valence electrons. The fourth-order valence-electron chi connectivity index (χ4n) is 2.87. The van der Waals surface area contributed by atoms with Gasteiger partial charge in [0.15, 0.2) is 0 Å². The summed E-state index contributed by atoms with van der Waals surface area (Å²) < 4.78 is 5.19. The van der Waals surface area contributed by atoms with Crippen molar-refractivity contribution in [2.45, 2.75) is 13.8 Å². The Kier molecular flexibility index (Phi) is 6.57. The number of hydrogen-bond donors (Lipinski definition) is 2. The minimum absolute atomic E-state index is 0.0717. The van der Waals surface area contributed by atoms with Gasteiger partial charge in [0, 0.05) is 17.2 Å². The van der Waals surface area contributed by atoms with E-state index in [0.717, 1.165) is 18.2 Å². The molecular weight excluding hydrogens is 434 g/mol. The van der Waals surface area contributed by atoms with Gasteiger partial charge in [-0.25, -0.2) is 4.79 Å². The normalized spacial score (nSPS) is 11.0. The van der Waals surface area contributed by atoms with Gasteiger partial charge in [0.25, 0.3) is 11.6 Å². The van der Waals surface area contributed by atoms with E-state index >= 15 is 0 Å². The van der Waals surface area contributed by atoms with Gasteiger partial charge in [-0.15, -0.1) is 0 Å². The summed E-state index contributed by atoms with van der Waals surface area (Å²) in [6, 6.07) is 12.7. The Labute approximate surface area is 185 Å². The Balaban J connectivity index is 1.89. The predicted octanol–water partition coefficient (Wildman–Crippen LogP) is 3.85. The maximum atomic E-state index is 12.4. The van der Waals surface area contributed by atoms with E-state index in [1.165, 1.54) is 13.0 Å². The highest BCUT2D eigenvalue weighted by Crippen LogP contribution is 2.29. The van der Waals surface area contributed by atoms with Crippen molar-refractivity contribution >= 4 is 34.4 Å². The molecule has 0 aliphatic heterocycles. The Hall–Kier alpha value is -4.87. The average Bonchev–Trinajstić information content (AvgIpc) is 2.79. The first-order valence-corrected chi connectivity index (χ1v) is 9.42. The molecule has 0 spiro atoms. The first kappa shape index (κ1) is 22.8. The average molecular weight is 451 g/mol. The number of carbonyl (C=O) groups excluding carboxylic acids is 1. The van der Waals surface area contributed by atoms with Crippen molar-refractivity contribution in [3.8, 4) is 0 Å². The minimum Gasteiger partial charge on any atom is -0.426 e. The molecule has 2 N–H and O–H groups in total. The minimum atomic E-state index is -0.774. The molecule has 0 saturated heterocycles. The smallest absolute Gasteiger partial charge is 0.359 e. The number of nitro benzene ring substituents is 2. The first-order chi connectivity index (χ1) is 15.7. The molecule has 12 heteroatoms. The number of aryl methyl sites for hydroxylation is 1. The van der Waals surface area contributed by atoms with Crippen molar-refractivity contribution < 1.29 is 19.1 Å². The molecule has 1 heterocycles. The Morgan fingerprint density at radius 2 is 1.70 bits per heavy atom. The standard InChI is InChI=1S/C21H17N5O7/c1-12(23-24-17-9-8-15(25(29)30)10-19(17)26(31)32)16-11-18(21(28)33-13(16)2)22-20(27)14-6-4-3-5-7-14/h3-11,24H,1-2H3,(H,22,27)/b23-12+. The fourth-order valence-corrected chi connectivity index (χ4v) is 2.87. The highest BCUT2D eigenvalue weighted by molar-refractivity contribution is 6.05. The largest absolute Gasteiger partial charge is 0.426 e. The number of benzene rings is 2. The van der Waals surface area contributed by atoms with Crippen LogP contribution in [0.15, 0.2) is 68.9 Å². The van der Waals surface area contributed by atoms with Gasteiger partial charge in [0.2, 0.25) is 0 Å². The summed E-state index contributed by atoms with van der Waals surface area (Å²) in [6.45, 7) is 3.07. The Bertz CT molecular complexity index is 1330. The van der Waals surface area contributed by atoms with Gasteiger partial charge < -0.3 is 9.73 Å². The number of nitro groups is 2. The summed E-state index contributed by atoms with van der Waals surface area (Å²) in [5.41, 5.74) is 1.57. The van der Waals surface area contributed by atoms with E-state index in [2.05, 4.69) is 15.8 Å². The lowest BCUT2D eigenvalue weighted by Crippen LogP contribution is -2.19. The van der Waals surface area contributed by atoms with Crippen LogP contribution in [0.1, 0.15) is 28.6 Å². The molecule has 3 aromatic rings. The molecular formula is C21H17N5O7. The molecule has 0 aliphatic carbocycles. The summed E-state index contributed by atoms with van der Waals surface area (Å²) in [5.74, 6) is -0.300. The third kappa shape index (κ3) is 5.25. The SMILES string of the molecule is C/C(=N\Nc1ccc([N+](=O)[O-])cc1[N+](=O)[O-])c1cc(NC(=O)c2ccccc2)c(=O)oc1C. The van der Waals surface area contributed by atoms with Crippen molar-refractivity contribution in [3.63, 3.8) is 0 Å². The molecule has 0 aliphatic rings. The van der Waals surface area contributed by atoms with Crippen molar-refractivity contribution in [1.82, 2.24) is 0 Å². The molecule has 1 aromatic heterocycles. The van der Waals surface area contributed by atoms with Crippen molar-refractivity contribution in [3.05, 3.63) is 102 Å². The molecule has 0 radical (unpaired) electrons. The van der Waals surface area contributed by atoms with Crippen LogP contribution in [0.3, 0.4) is 0 Å². The molecule has 0 saturated carbocycles. The zero-order valence-corrected chi connectivity index (χ0v) is 17.4. The van der Waals surface area contributed by atoms with Crippen LogP contribution in [0, 0.1) is 27.2 Å². The maximum Gasteiger partial charge on any atom is 0.359 e. The maximum absolute atomic E-state index is 12.4. The monoisotopic (exact) mass is 451 g/mol. The predicted molar refractivity (Wildman–Crippen MR) is 120 cm³/mol. The van der Waals surface area contributed by atoms with Crippen molar-refractivity contribution in [2.24, 2.45) is 5.10 Å². The van der Waals surface area contributed by atoms with Crippen molar-refractivity contribution in [2.75, 3.05) is 10.7 Å². The van der Waals surface area contributed by atoms with Crippen LogP contribution in [0.4, 0.5) is 22.7 Å². The highest BCUT2D eigenvalue weighted by Gasteiger charge is 2.20. The number of carbonyl (C=O) groups is 1. The van der Waals surface area contributed by atoms with Crippen LogP contribution >= 0.6 is 0 Å². The van der Waals surface area contributed by atoms with Crippen molar-refractivity contribution in [1.29, 1.82) is 0 Å². The summed E-state index contributed by atoms with van der Waals surface area (Å²) in [6.07, 6.45) is 0. The number of nitrogens with one attached hydrogen (secondary N) is 2. The van der Waals surface area contributed by atoms with Crippen LogP contribution in [-0.2, 0) is 0 Å². The number of non-ortho nitro benzene ring substituents is 1. The third-order valence-electron chi connectivity index (χ3n) is 4.54. The molecule has 33 heavy (non-hydrogen) atoms. The number of hydrogen-bond acceptors (Lipinski definition) is 9. The van der Waals surface area contributed by atoms with E-state index in [9.17, 15) is 29.8 Å². The van der Waals surface area contributed by atoms with E-state index in [1.54, 1.807) is 37.3 Å². The lowest BCUT2D eigenvalue weighted by atomic mass is 10.1. The van der Waals surface area contributed by atoms with E-state index in [0.29, 0.717) is 11.1 Å². The Morgan fingerprint density at radius 1 is 1.00 bits per heavy atom. The number of nitrogens with zero attached hydrogens (tertiary/aromatic N) is 3. The second kappa shape index (κ2) is 9.51. The van der Waals surface area contributed by atoms with Gasteiger partial charge >= 0.3 is 11.3 Å².